The fourth-order valence-corrected chi connectivity index (χ4v) is 2.97. The lowest BCUT2D eigenvalue weighted by molar-refractivity contribution is -0.121. The molecule has 0 aliphatic heterocycles. The number of rotatable bonds is 10. The van der Waals surface area contributed by atoms with Crippen molar-refractivity contribution in [2.75, 3.05) is 18.5 Å². The van der Waals surface area contributed by atoms with Crippen molar-refractivity contribution < 1.29 is 14.3 Å². The van der Waals surface area contributed by atoms with Crippen LogP contribution in [0.5, 0.6) is 11.5 Å². The van der Waals surface area contributed by atoms with Gasteiger partial charge in [-0.1, -0.05) is 51.8 Å². The van der Waals surface area contributed by atoms with Crippen LogP contribution >= 0.6 is 12.2 Å². The number of hydrogen-bond acceptors (Lipinski definition) is 4. The number of hydrogen-bond donors (Lipinski definition) is 2. The Balaban J connectivity index is 1.76. The zero-order valence-corrected chi connectivity index (χ0v) is 18.2. The van der Waals surface area contributed by atoms with Gasteiger partial charge in [0.05, 0.1) is 6.61 Å². The first-order valence-corrected chi connectivity index (χ1v) is 10.5. The maximum Gasteiger partial charge on any atom is 0.264 e. The number of carbonyl (C=O) groups excluding carboxylic acids is 1. The van der Waals surface area contributed by atoms with Crippen molar-refractivity contribution >= 4 is 28.9 Å². The number of amides is 1. The number of unbranched alkanes of at least 4 members (excludes halogenated alkanes) is 2. The first-order valence-electron chi connectivity index (χ1n) is 10.0. The Hall–Kier alpha value is -2.60. The zero-order valence-electron chi connectivity index (χ0n) is 17.4. The van der Waals surface area contributed by atoms with Crippen LogP contribution in [0.4, 0.5) is 5.69 Å². The molecule has 1 amide bonds. The lowest BCUT2D eigenvalue weighted by Gasteiger charge is -2.14. The molecule has 6 heteroatoms. The van der Waals surface area contributed by atoms with Gasteiger partial charge in [0.25, 0.3) is 5.91 Å². The van der Waals surface area contributed by atoms with E-state index in [4.69, 9.17) is 21.7 Å². The van der Waals surface area contributed by atoms with Gasteiger partial charge in [0.1, 0.15) is 11.5 Å². The molecule has 0 atom stereocenters. The predicted molar refractivity (Wildman–Crippen MR) is 122 cm³/mol. The number of para-hydroxylation sites is 1. The molecule has 0 heterocycles. The van der Waals surface area contributed by atoms with Crippen molar-refractivity contribution in [1.82, 2.24) is 5.32 Å². The number of thiocarbonyl (C=S) groups is 1. The second-order valence-electron chi connectivity index (χ2n) is 7.06. The van der Waals surface area contributed by atoms with Gasteiger partial charge in [-0.3, -0.25) is 10.1 Å². The van der Waals surface area contributed by atoms with Gasteiger partial charge in [0, 0.05) is 5.69 Å². The van der Waals surface area contributed by atoms with Crippen LogP contribution in [-0.2, 0) is 4.79 Å². The van der Waals surface area contributed by atoms with E-state index in [0.29, 0.717) is 11.7 Å². The molecule has 0 bridgehead atoms. The molecule has 29 heavy (non-hydrogen) atoms. The summed E-state index contributed by atoms with van der Waals surface area (Å²) >= 11 is 5.21. The third kappa shape index (κ3) is 8.11. The van der Waals surface area contributed by atoms with Gasteiger partial charge in [0.15, 0.2) is 11.7 Å². The molecular weight excluding hydrogens is 384 g/mol. The Morgan fingerprint density at radius 3 is 2.45 bits per heavy atom. The Bertz CT molecular complexity index is 791. The van der Waals surface area contributed by atoms with Crippen LogP contribution in [0.3, 0.4) is 0 Å². The highest BCUT2D eigenvalue weighted by atomic mass is 32.1. The summed E-state index contributed by atoms with van der Waals surface area (Å²) in [5.74, 6) is 1.54. The summed E-state index contributed by atoms with van der Waals surface area (Å²) in [6.07, 6.45) is 3.39. The van der Waals surface area contributed by atoms with Crippen LogP contribution in [0.1, 0.15) is 51.5 Å². The molecule has 0 saturated heterocycles. The Kier molecular flexibility index (Phi) is 9.44. The number of anilines is 1. The van der Waals surface area contributed by atoms with E-state index < -0.39 is 0 Å². The fraction of sp³-hybridized carbons (Fsp3) is 0.391. The smallest absolute Gasteiger partial charge is 0.264 e. The summed E-state index contributed by atoms with van der Waals surface area (Å²) in [5, 5.41) is 5.86. The standard InChI is InChI=1S/C23H30N2O3S/c1-4-5-8-15-27-19-13-11-18(12-14-19)24-23(29)25-22(26)16-28-21-10-7-6-9-20(21)17(2)3/h6-7,9-14,17H,4-5,8,15-16H2,1-3H3,(H2,24,25,26,29). The molecular formula is C23H30N2O3S. The van der Waals surface area contributed by atoms with E-state index in [-0.39, 0.29) is 17.6 Å². The highest BCUT2D eigenvalue weighted by Gasteiger charge is 2.10. The molecule has 2 rings (SSSR count). The van der Waals surface area contributed by atoms with E-state index in [0.717, 1.165) is 30.0 Å². The largest absolute Gasteiger partial charge is 0.494 e. The number of carbonyl (C=O) groups is 1. The molecule has 0 aliphatic carbocycles. The highest BCUT2D eigenvalue weighted by Crippen LogP contribution is 2.25. The van der Waals surface area contributed by atoms with E-state index in [1.807, 2.05) is 48.5 Å². The summed E-state index contributed by atoms with van der Waals surface area (Å²) in [7, 11) is 0. The summed E-state index contributed by atoms with van der Waals surface area (Å²) in [6, 6.07) is 15.2. The molecule has 156 valence electrons. The molecule has 2 aromatic rings. The molecule has 5 nitrogen and oxygen atoms in total. The molecule has 0 spiro atoms. The molecule has 0 saturated carbocycles. The van der Waals surface area contributed by atoms with Crippen LogP contribution < -0.4 is 20.1 Å². The van der Waals surface area contributed by atoms with Crippen LogP contribution in [-0.4, -0.2) is 24.2 Å². The zero-order chi connectivity index (χ0) is 21.1. The van der Waals surface area contributed by atoms with Crippen LogP contribution in [0.15, 0.2) is 48.5 Å². The van der Waals surface area contributed by atoms with Gasteiger partial charge in [-0.15, -0.1) is 0 Å². The maximum absolute atomic E-state index is 12.1. The number of ether oxygens (including phenoxy) is 2. The summed E-state index contributed by atoms with van der Waals surface area (Å²) < 4.78 is 11.4. The normalized spacial score (nSPS) is 10.5. The molecule has 2 aromatic carbocycles. The second kappa shape index (κ2) is 12.1. The monoisotopic (exact) mass is 414 g/mol. The summed E-state index contributed by atoms with van der Waals surface area (Å²) in [6.45, 7) is 6.95. The van der Waals surface area contributed by atoms with Crippen LogP contribution in [0.25, 0.3) is 0 Å². The highest BCUT2D eigenvalue weighted by molar-refractivity contribution is 7.80. The minimum atomic E-state index is -0.308. The van der Waals surface area contributed by atoms with Gasteiger partial charge in [-0.05, 0) is 60.5 Å². The van der Waals surface area contributed by atoms with E-state index in [1.54, 1.807) is 0 Å². The SMILES string of the molecule is CCCCCOc1ccc(NC(=S)NC(=O)COc2ccccc2C(C)C)cc1. The molecule has 2 N–H and O–H groups in total. The van der Waals surface area contributed by atoms with Gasteiger partial charge in [-0.2, -0.15) is 0 Å². The van der Waals surface area contributed by atoms with Gasteiger partial charge >= 0.3 is 0 Å². The second-order valence-corrected chi connectivity index (χ2v) is 7.47. The van der Waals surface area contributed by atoms with Crippen molar-refractivity contribution in [3.05, 3.63) is 54.1 Å². The van der Waals surface area contributed by atoms with Crippen LogP contribution in [0.2, 0.25) is 0 Å². The quantitative estimate of drug-likeness (QED) is 0.410. The van der Waals surface area contributed by atoms with Crippen molar-refractivity contribution in [3.8, 4) is 11.5 Å². The summed E-state index contributed by atoms with van der Waals surface area (Å²) in [5.41, 5.74) is 1.85. The predicted octanol–water partition coefficient (Wildman–Crippen LogP) is 5.27. The molecule has 0 radical (unpaired) electrons. The minimum absolute atomic E-state index is 0.101. The Morgan fingerprint density at radius 1 is 1.03 bits per heavy atom. The van der Waals surface area contributed by atoms with Crippen LogP contribution in [0, 0.1) is 0 Å². The summed E-state index contributed by atoms with van der Waals surface area (Å²) in [4.78, 5) is 12.1. The average molecular weight is 415 g/mol. The van der Waals surface area contributed by atoms with Crippen molar-refractivity contribution in [2.45, 2.75) is 46.0 Å². The average Bonchev–Trinajstić information content (AvgIpc) is 2.71. The first kappa shape index (κ1) is 22.7. The lowest BCUT2D eigenvalue weighted by Crippen LogP contribution is -2.37. The first-order chi connectivity index (χ1) is 14.0. The third-order valence-corrected chi connectivity index (χ3v) is 4.49. The molecule has 0 unspecified atom stereocenters. The van der Waals surface area contributed by atoms with E-state index in [2.05, 4.69) is 31.4 Å². The van der Waals surface area contributed by atoms with Crippen molar-refractivity contribution in [2.24, 2.45) is 0 Å². The topological polar surface area (TPSA) is 59.6 Å². The fourth-order valence-electron chi connectivity index (χ4n) is 2.73. The van der Waals surface area contributed by atoms with Gasteiger partial charge in [0.2, 0.25) is 0 Å². The van der Waals surface area contributed by atoms with Gasteiger partial charge in [-0.25, -0.2) is 0 Å². The number of benzene rings is 2. The molecule has 0 aromatic heterocycles. The van der Waals surface area contributed by atoms with E-state index in [1.165, 1.54) is 12.8 Å². The lowest BCUT2D eigenvalue weighted by atomic mass is 10.0. The van der Waals surface area contributed by atoms with Crippen molar-refractivity contribution in [3.63, 3.8) is 0 Å². The Morgan fingerprint density at radius 2 is 1.76 bits per heavy atom. The molecule has 0 fully saturated rings. The van der Waals surface area contributed by atoms with E-state index in [9.17, 15) is 4.79 Å². The number of nitrogens with one attached hydrogen (secondary N) is 2. The third-order valence-electron chi connectivity index (χ3n) is 4.28. The molecule has 0 aliphatic rings. The Labute approximate surface area is 178 Å². The maximum atomic E-state index is 12.1. The van der Waals surface area contributed by atoms with E-state index >= 15 is 0 Å². The van der Waals surface area contributed by atoms with Gasteiger partial charge < -0.3 is 14.8 Å². The van der Waals surface area contributed by atoms with Crippen molar-refractivity contribution in [1.29, 1.82) is 0 Å². The minimum Gasteiger partial charge on any atom is -0.494 e.